The average Bonchev–Trinajstić information content (AvgIpc) is 2.90. The van der Waals surface area contributed by atoms with Gasteiger partial charge in [0.1, 0.15) is 0 Å². The number of hydrogen-bond acceptors (Lipinski definition) is 2. The number of aromatic nitrogens is 2. The lowest BCUT2D eigenvalue weighted by molar-refractivity contribution is 0.410. The van der Waals surface area contributed by atoms with Crippen LogP contribution in [0.1, 0.15) is 32.2 Å². The van der Waals surface area contributed by atoms with Gasteiger partial charge < -0.3 is 5.32 Å². The molecular formula is C10H16BrN3. The van der Waals surface area contributed by atoms with Crippen molar-refractivity contribution in [2.75, 3.05) is 6.54 Å². The van der Waals surface area contributed by atoms with Gasteiger partial charge in [-0.25, -0.2) is 0 Å². The van der Waals surface area contributed by atoms with E-state index < -0.39 is 0 Å². The Hall–Kier alpha value is -0.350. The summed E-state index contributed by atoms with van der Waals surface area (Å²) < 4.78 is 3.10. The molecule has 0 radical (unpaired) electrons. The van der Waals surface area contributed by atoms with Gasteiger partial charge in [-0.3, -0.25) is 4.68 Å². The Morgan fingerprint density at radius 1 is 1.71 bits per heavy atom. The molecular weight excluding hydrogens is 242 g/mol. The van der Waals surface area contributed by atoms with Crippen LogP contribution in [0.3, 0.4) is 0 Å². The van der Waals surface area contributed by atoms with Crippen molar-refractivity contribution in [3.05, 3.63) is 16.9 Å². The summed E-state index contributed by atoms with van der Waals surface area (Å²) in [4.78, 5) is 0. The summed E-state index contributed by atoms with van der Waals surface area (Å²) >= 11 is 3.42. The summed E-state index contributed by atoms with van der Waals surface area (Å²) in [7, 11) is 0. The third kappa shape index (κ3) is 2.58. The van der Waals surface area contributed by atoms with Crippen LogP contribution in [0.15, 0.2) is 16.9 Å². The molecule has 1 N–H and O–H groups in total. The van der Waals surface area contributed by atoms with Crippen molar-refractivity contribution in [1.82, 2.24) is 15.1 Å². The van der Waals surface area contributed by atoms with Gasteiger partial charge in [0, 0.05) is 18.8 Å². The standard InChI is InChI=1S/C10H16BrN3/c1-2-10(6-12-9-3-4-9)14-7-8(11)5-13-14/h5,7,9-10,12H,2-4,6H2,1H3. The molecule has 1 fully saturated rings. The van der Waals surface area contributed by atoms with Crippen molar-refractivity contribution in [2.45, 2.75) is 38.3 Å². The normalized spacial score (nSPS) is 18.4. The molecule has 1 aromatic heterocycles. The van der Waals surface area contributed by atoms with Gasteiger partial charge in [0.05, 0.1) is 16.7 Å². The van der Waals surface area contributed by atoms with E-state index in [4.69, 9.17) is 0 Å². The highest BCUT2D eigenvalue weighted by molar-refractivity contribution is 9.10. The zero-order valence-electron chi connectivity index (χ0n) is 8.41. The van der Waals surface area contributed by atoms with Crippen molar-refractivity contribution in [3.63, 3.8) is 0 Å². The monoisotopic (exact) mass is 257 g/mol. The minimum atomic E-state index is 0.488. The summed E-state index contributed by atoms with van der Waals surface area (Å²) in [5.74, 6) is 0. The second-order valence-corrected chi connectivity index (χ2v) is 4.80. The molecule has 0 aromatic carbocycles. The molecule has 1 unspecified atom stereocenters. The van der Waals surface area contributed by atoms with Crippen molar-refractivity contribution in [2.24, 2.45) is 0 Å². The van der Waals surface area contributed by atoms with E-state index in [1.165, 1.54) is 12.8 Å². The number of nitrogens with zero attached hydrogens (tertiary/aromatic N) is 2. The Morgan fingerprint density at radius 2 is 2.50 bits per heavy atom. The molecule has 0 saturated heterocycles. The van der Waals surface area contributed by atoms with Crippen LogP contribution in [-0.2, 0) is 0 Å². The van der Waals surface area contributed by atoms with Crippen molar-refractivity contribution >= 4 is 15.9 Å². The van der Waals surface area contributed by atoms with Gasteiger partial charge in [-0.2, -0.15) is 5.10 Å². The number of hydrogen-bond donors (Lipinski definition) is 1. The first-order valence-corrected chi connectivity index (χ1v) is 6.02. The van der Waals surface area contributed by atoms with Crippen LogP contribution in [0.2, 0.25) is 0 Å². The van der Waals surface area contributed by atoms with Crippen molar-refractivity contribution in [1.29, 1.82) is 0 Å². The zero-order valence-corrected chi connectivity index (χ0v) is 10.00. The molecule has 0 spiro atoms. The summed E-state index contributed by atoms with van der Waals surface area (Å²) in [6, 6.07) is 1.27. The summed E-state index contributed by atoms with van der Waals surface area (Å²) in [6.45, 7) is 3.24. The second-order valence-electron chi connectivity index (χ2n) is 3.88. The number of rotatable bonds is 5. The Labute approximate surface area is 93.0 Å². The molecule has 1 atom stereocenters. The van der Waals surface area contributed by atoms with Crippen molar-refractivity contribution in [3.8, 4) is 0 Å². The van der Waals surface area contributed by atoms with Gasteiger partial charge in [0.15, 0.2) is 0 Å². The first-order chi connectivity index (χ1) is 6.79. The average molecular weight is 258 g/mol. The van der Waals surface area contributed by atoms with Crippen molar-refractivity contribution < 1.29 is 0 Å². The van der Waals surface area contributed by atoms with E-state index in [0.717, 1.165) is 23.5 Å². The van der Waals surface area contributed by atoms with Crippen LogP contribution < -0.4 is 5.32 Å². The maximum atomic E-state index is 4.32. The molecule has 0 bridgehead atoms. The van der Waals surface area contributed by atoms with Crippen LogP contribution in [0.4, 0.5) is 0 Å². The topological polar surface area (TPSA) is 29.9 Å². The molecule has 78 valence electrons. The third-order valence-corrected chi connectivity index (χ3v) is 3.04. The van der Waals surface area contributed by atoms with E-state index in [9.17, 15) is 0 Å². The molecule has 0 aliphatic heterocycles. The predicted molar refractivity (Wildman–Crippen MR) is 60.3 cm³/mol. The SMILES string of the molecule is CCC(CNC1CC1)n1cc(Br)cn1. The van der Waals surface area contributed by atoms with Crippen LogP contribution in [0.5, 0.6) is 0 Å². The van der Waals surface area contributed by atoms with Gasteiger partial charge in [-0.1, -0.05) is 6.92 Å². The summed E-state index contributed by atoms with van der Waals surface area (Å²) in [5.41, 5.74) is 0. The molecule has 14 heavy (non-hydrogen) atoms. The molecule has 1 heterocycles. The molecule has 0 amide bonds. The Kier molecular flexibility index (Phi) is 3.23. The lowest BCUT2D eigenvalue weighted by Gasteiger charge is -2.15. The summed E-state index contributed by atoms with van der Waals surface area (Å²) in [6.07, 6.45) is 7.70. The molecule has 1 aliphatic carbocycles. The van der Waals surface area contributed by atoms with E-state index in [2.05, 4.69) is 33.3 Å². The highest BCUT2D eigenvalue weighted by Crippen LogP contribution is 2.20. The van der Waals surface area contributed by atoms with E-state index in [0.29, 0.717) is 6.04 Å². The van der Waals surface area contributed by atoms with Gasteiger partial charge >= 0.3 is 0 Å². The van der Waals surface area contributed by atoms with Crippen LogP contribution in [0, 0.1) is 0 Å². The lowest BCUT2D eigenvalue weighted by Crippen LogP contribution is -2.26. The zero-order chi connectivity index (χ0) is 9.97. The van der Waals surface area contributed by atoms with E-state index >= 15 is 0 Å². The smallest absolute Gasteiger partial charge is 0.0641 e. The molecule has 2 rings (SSSR count). The van der Waals surface area contributed by atoms with Crippen LogP contribution >= 0.6 is 15.9 Å². The van der Waals surface area contributed by atoms with Gasteiger partial charge in [0.2, 0.25) is 0 Å². The number of halogens is 1. The molecule has 3 nitrogen and oxygen atoms in total. The Balaban J connectivity index is 1.90. The minimum Gasteiger partial charge on any atom is -0.312 e. The maximum absolute atomic E-state index is 4.32. The van der Waals surface area contributed by atoms with Gasteiger partial charge in [-0.05, 0) is 35.2 Å². The third-order valence-electron chi connectivity index (χ3n) is 2.63. The van der Waals surface area contributed by atoms with Gasteiger partial charge in [-0.15, -0.1) is 0 Å². The molecule has 1 saturated carbocycles. The first kappa shape index (κ1) is 10.2. The van der Waals surface area contributed by atoms with E-state index in [-0.39, 0.29) is 0 Å². The second kappa shape index (κ2) is 4.45. The fourth-order valence-corrected chi connectivity index (χ4v) is 1.83. The lowest BCUT2D eigenvalue weighted by atomic mass is 10.2. The molecule has 1 aliphatic rings. The summed E-state index contributed by atoms with van der Waals surface area (Å²) in [5, 5.41) is 7.85. The fourth-order valence-electron chi connectivity index (χ4n) is 1.53. The minimum absolute atomic E-state index is 0.488. The van der Waals surface area contributed by atoms with E-state index in [1.807, 2.05) is 17.1 Å². The Morgan fingerprint density at radius 3 is 3.00 bits per heavy atom. The maximum Gasteiger partial charge on any atom is 0.0641 e. The molecule has 4 heteroatoms. The molecule has 1 aromatic rings. The van der Waals surface area contributed by atoms with Crippen LogP contribution in [0.25, 0.3) is 0 Å². The highest BCUT2D eigenvalue weighted by Gasteiger charge is 2.22. The fraction of sp³-hybridized carbons (Fsp3) is 0.700. The largest absolute Gasteiger partial charge is 0.312 e. The highest BCUT2D eigenvalue weighted by atomic mass is 79.9. The number of nitrogens with one attached hydrogen (secondary N) is 1. The predicted octanol–water partition coefficient (Wildman–Crippen LogP) is 2.35. The first-order valence-electron chi connectivity index (χ1n) is 5.22. The van der Waals surface area contributed by atoms with Gasteiger partial charge in [0.25, 0.3) is 0 Å². The van der Waals surface area contributed by atoms with E-state index in [1.54, 1.807) is 0 Å². The quantitative estimate of drug-likeness (QED) is 0.878. The van der Waals surface area contributed by atoms with Crippen LogP contribution in [-0.4, -0.2) is 22.4 Å². The Bertz CT molecular complexity index is 293.